The van der Waals surface area contributed by atoms with Gasteiger partial charge in [0, 0.05) is 18.1 Å². The Kier molecular flexibility index (Phi) is 8.49. The van der Waals surface area contributed by atoms with E-state index in [1.165, 1.54) is 4.90 Å². The van der Waals surface area contributed by atoms with Gasteiger partial charge in [-0.05, 0) is 57.7 Å². The molecule has 2 aromatic rings. The molecular weight excluding hydrogens is 464 g/mol. The summed E-state index contributed by atoms with van der Waals surface area (Å²) in [6.45, 7) is 8.88. The van der Waals surface area contributed by atoms with Gasteiger partial charge in [-0.3, -0.25) is 14.6 Å². The second-order valence-corrected chi connectivity index (χ2v) is 10.1. The van der Waals surface area contributed by atoms with Gasteiger partial charge in [0.2, 0.25) is 11.8 Å². The Balaban J connectivity index is 1.64. The molecule has 2 atom stereocenters. The molecule has 0 unspecified atom stereocenters. The molecule has 1 aliphatic heterocycles. The van der Waals surface area contributed by atoms with Crippen molar-refractivity contribution in [3.8, 4) is 5.75 Å². The van der Waals surface area contributed by atoms with E-state index in [2.05, 4.69) is 15.6 Å². The van der Waals surface area contributed by atoms with Gasteiger partial charge >= 0.3 is 12.1 Å². The molecule has 1 aliphatic rings. The number of hydrogen-bond acceptors (Lipinski definition) is 7. The third-order valence-electron chi connectivity index (χ3n) is 5.70. The summed E-state index contributed by atoms with van der Waals surface area (Å²) in [4.78, 5) is 56.5. The highest BCUT2D eigenvalue weighted by atomic mass is 16.6. The van der Waals surface area contributed by atoms with Gasteiger partial charge in [0.25, 0.3) is 0 Å². The maximum atomic E-state index is 13.1. The second-order valence-electron chi connectivity index (χ2n) is 10.1. The molecular formula is C26H34N4O6. The molecule has 0 bridgehead atoms. The lowest BCUT2D eigenvalue weighted by Crippen LogP contribution is -2.54. The molecule has 1 fully saturated rings. The quantitative estimate of drug-likeness (QED) is 0.562. The van der Waals surface area contributed by atoms with Crippen molar-refractivity contribution in [2.24, 2.45) is 5.92 Å². The number of rotatable bonds is 7. The van der Waals surface area contributed by atoms with Crippen LogP contribution in [0.15, 0.2) is 36.5 Å². The molecule has 10 nitrogen and oxygen atoms in total. The Morgan fingerprint density at radius 3 is 2.56 bits per heavy atom. The van der Waals surface area contributed by atoms with Gasteiger partial charge in [-0.25, -0.2) is 9.59 Å². The minimum absolute atomic E-state index is 0.256. The van der Waals surface area contributed by atoms with Crippen LogP contribution in [0.4, 0.5) is 4.79 Å². The molecule has 194 valence electrons. The predicted molar refractivity (Wildman–Crippen MR) is 133 cm³/mol. The molecule has 0 aliphatic carbocycles. The third kappa shape index (κ3) is 6.93. The summed E-state index contributed by atoms with van der Waals surface area (Å²) in [5.74, 6) is -1.33. The van der Waals surface area contributed by atoms with Crippen molar-refractivity contribution in [2.75, 3.05) is 13.1 Å². The minimum atomic E-state index is -0.915. The molecule has 2 N–H and O–H groups in total. The summed E-state index contributed by atoms with van der Waals surface area (Å²) in [5.41, 5.74) is -0.000287. The van der Waals surface area contributed by atoms with Crippen LogP contribution in [0, 0.1) is 5.92 Å². The summed E-state index contributed by atoms with van der Waals surface area (Å²) >= 11 is 0. The number of carbonyl (C=O) groups is 4. The molecule has 3 amide bonds. The number of alkyl carbamates (subject to hydrolysis) is 1. The number of nitrogens with zero attached hydrogens (tertiary/aromatic N) is 2. The van der Waals surface area contributed by atoms with E-state index < -0.39 is 41.6 Å². The zero-order chi connectivity index (χ0) is 26.5. The monoisotopic (exact) mass is 498 g/mol. The molecule has 3 rings (SSSR count). The number of ether oxygens (including phenoxy) is 2. The van der Waals surface area contributed by atoms with Crippen LogP contribution < -0.4 is 15.4 Å². The fraction of sp³-hybridized carbons (Fsp3) is 0.500. The molecule has 1 aromatic carbocycles. The van der Waals surface area contributed by atoms with Crippen molar-refractivity contribution in [3.63, 3.8) is 0 Å². The van der Waals surface area contributed by atoms with E-state index in [1.807, 2.05) is 18.2 Å². The lowest BCUT2D eigenvalue weighted by atomic mass is 10.0. The van der Waals surface area contributed by atoms with Crippen LogP contribution in [0.3, 0.4) is 0 Å². The van der Waals surface area contributed by atoms with Crippen molar-refractivity contribution in [1.82, 2.24) is 20.5 Å². The molecule has 0 saturated carbocycles. The Morgan fingerprint density at radius 1 is 1.14 bits per heavy atom. The number of para-hydroxylation sites is 1. The third-order valence-corrected chi connectivity index (χ3v) is 5.70. The predicted octanol–water partition coefficient (Wildman–Crippen LogP) is 2.80. The molecule has 1 aromatic heterocycles. The van der Waals surface area contributed by atoms with E-state index >= 15 is 0 Å². The van der Waals surface area contributed by atoms with Crippen molar-refractivity contribution in [1.29, 1.82) is 0 Å². The van der Waals surface area contributed by atoms with E-state index in [-0.39, 0.29) is 12.5 Å². The van der Waals surface area contributed by atoms with Crippen molar-refractivity contribution in [2.45, 2.75) is 65.1 Å². The Hall–Kier alpha value is -3.69. The highest BCUT2D eigenvalue weighted by molar-refractivity contribution is 5.94. The Bertz CT molecular complexity index is 1120. The van der Waals surface area contributed by atoms with Gasteiger partial charge in [0.1, 0.15) is 30.0 Å². The highest BCUT2D eigenvalue weighted by Gasteiger charge is 2.37. The van der Waals surface area contributed by atoms with E-state index in [4.69, 9.17) is 9.47 Å². The Morgan fingerprint density at radius 2 is 1.86 bits per heavy atom. The maximum Gasteiger partial charge on any atom is 0.408 e. The topological polar surface area (TPSA) is 127 Å². The number of fused-ring (bicyclic) bond motifs is 1. The smallest absolute Gasteiger partial charge is 0.408 e. The minimum Gasteiger partial charge on any atom is -0.444 e. The average Bonchev–Trinajstić information content (AvgIpc) is 3.30. The first-order chi connectivity index (χ1) is 17.0. The second kappa shape index (κ2) is 11.4. The number of nitrogens with one attached hydrogen (secondary N) is 2. The SMILES string of the molecule is CC(C)[C@H](NC(=O)[C@@H]1CCCN1C(=O)CNC(=O)OC(C)(C)C)C(=O)Oc1ccnc2ccccc12. The largest absolute Gasteiger partial charge is 0.444 e. The molecule has 2 heterocycles. The average molecular weight is 499 g/mol. The van der Waals surface area contributed by atoms with Gasteiger partial charge in [-0.15, -0.1) is 0 Å². The normalized spacial score (nSPS) is 16.5. The number of likely N-dealkylation sites (tertiary alicyclic amines) is 1. The van der Waals surface area contributed by atoms with E-state index in [1.54, 1.807) is 52.9 Å². The number of aromatic nitrogens is 1. The zero-order valence-electron chi connectivity index (χ0n) is 21.4. The fourth-order valence-electron chi connectivity index (χ4n) is 3.98. The van der Waals surface area contributed by atoms with E-state index in [0.29, 0.717) is 36.0 Å². The van der Waals surface area contributed by atoms with E-state index in [9.17, 15) is 19.2 Å². The Labute approximate surface area is 210 Å². The van der Waals surface area contributed by atoms with Crippen LogP contribution >= 0.6 is 0 Å². The first-order valence-corrected chi connectivity index (χ1v) is 12.1. The summed E-state index contributed by atoms with van der Waals surface area (Å²) in [6, 6.07) is 7.24. The fourth-order valence-corrected chi connectivity index (χ4v) is 3.98. The number of carbonyl (C=O) groups excluding carboxylic acids is 4. The van der Waals surface area contributed by atoms with Gasteiger partial charge in [0.15, 0.2) is 0 Å². The number of pyridine rings is 1. The highest BCUT2D eigenvalue weighted by Crippen LogP contribution is 2.24. The van der Waals surface area contributed by atoms with E-state index in [0.717, 1.165) is 0 Å². The van der Waals surface area contributed by atoms with Crippen LogP contribution in [0.5, 0.6) is 5.75 Å². The molecule has 1 saturated heterocycles. The number of hydrogen-bond donors (Lipinski definition) is 2. The lowest BCUT2D eigenvalue weighted by molar-refractivity contribution is -0.143. The standard InChI is InChI=1S/C26H34N4O6/c1-16(2)22(24(33)35-20-12-13-27-18-10-7-6-9-17(18)20)29-23(32)19-11-8-14-30(19)21(31)15-28-25(34)36-26(3,4)5/h6-7,9-10,12-13,16,19,22H,8,11,14-15H2,1-5H3,(H,28,34)(H,29,32)/t19-,22-/m0/s1. The van der Waals surface area contributed by atoms with Crippen LogP contribution in [-0.2, 0) is 19.1 Å². The van der Waals surface area contributed by atoms with Crippen molar-refractivity contribution < 1.29 is 28.7 Å². The lowest BCUT2D eigenvalue weighted by Gasteiger charge is -2.27. The van der Waals surface area contributed by atoms with Gasteiger partial charge in [-0.2, -0.15) is 0 Å². The summed E-state index contributed by atoms with van der Waals surface area (Å²) in [7, 11) is 0. The number of amides is 3. The maximum absolute atomic E-state index is 13.1. The molecule has 36 heavy (non-hydrogen) atoms. The number of esters is 1. The van der Waals surface area contributed by atoms with Crippen LogP contribution in [0.1, 0.15) is 47.5 Å². The van der Waals surface area contributed by atoms with Crippen LogP contribution in [-0.4, -0.2) is 64.5 Å². The summed E-state index contributed by atoms with van der Waals surface area (Å²) < 4.78 is 10.8. The molecule has 0 spiro atoms. The van der Waals surface area contributed by atoms with Crippen molar-refractivity contribution in [3.05, 3.63) is 36.5 Å². The molecule has 10 heteroatoms. The first-order valence-electron chi connectivity index (χ1n) is 12.1. The van der Waals surface area contributed by atoms with Gasteiger partial charge in [-0.1, -0.05) is 26.0 Å². The molecule has 0 radical (unpaired) electrons. The van der Waals surface area contributed by atoms with Gasteiger partial charge in [0.05, 0.1) is 5.52 Å². The van der Waals surface area contributed by atoms with Crippen molar-refractivity contribution >= 4 is 34.8 Å². The first kappa shape index (κ1) is 26.9. The van der Waals surface area contributed by atoms with Gasteiger partial charge < -0.3 is 25.0 Å². The summed E-state index contributed by atoms with van der Waals surface area (Å²) in [6.07, 6.45) is 1.94. The van der Waals surface area contributed by atoms with Crippen LogP contribution in [0.25, 0.3) is 10.9 Å². The summed E-state index contributed by atoms with van der Waals surface area (Å²) in [5, 5.41) is 5.89. The van der Waals surface area contributed by atoms with Crippen LogP contribution in [0.2, 0.25) is 0 Å². The zero-order valence-corrected chi connectivity index (χ0v) is 21.4. The number of benzene rings is 1.